The van der Waals surface area contributed by atoms with E-state index in [9.17, 15) is 4.79 Å². The molecule has 0 bridgehead atoms. The number of benzene rings is 1. The number of morpholine rings is 1. The third-order valence-electron chi connectivity index (χ3n) is 7.56. The second-order valence-corrected chi connectivity index (χ2v) is 10.0. The molecule has 0 saturated carbocycles. The SMILES string of the molecule is C[C@@H]1COCCN1c1cc(-c2ccc3c(c2)CCCN3C(=O)c2cccnc2)c2cnn(-c3cc[nH]n3)c2n1. The lowest BCUT2D eigenvalue weighted by Gasteiger charge is -2.34. The molecular weight excluding hydrogens is 492 g/mol. The smallest absolute Gasteiger partial charge is 0.259 e. The molecule has 1 saturated heterocycles. The van der Waals surface area contributed by atoms with Crippen LogP contribution in [0.2, 0.25) is 0 Å². The summed E-state index contributed by atoms with van der Waals surface area (Å²) in [6, 6.07) is 14.2. The van der Waals surface area contributed by atoms with Gasteiger partial charge < -0.3 is 14.5 Å². The van der Waals surface area contributed by atoms with E-state index in [1.165, 1.54) is 0 Å². The maximum Gasteiger partial charge on any atom is 0.259 e. The molecule has 0 aliphatic carbocycles. The molecule has 5 aromatic rings. The maximum atomic E-state index is 13.3. The summed E-state index contributed by atoms with van der Waals surface area (Å²) in [6.07, 6.45) is 8.76. The summed E-state index contributed by atoms with van der Waals surface area (Å²) in [5, 5.41) is 12.8. The second-order valence-electron chi connectivity index (χ2n) is 10.0. The van der Waals surface area contributed by atoms with Crippen LogP contribution in [0.4, 0.5) is 11.5 Å². The first kappa shape index (κ1) is 23.5. The van der Waals surface area contributed by atoms with E-state index in [-0.39, 0.29) is 11.9 Å². The number of anilines is 2. The number of aromatic amines is 1. The number of hydrogen-bond acceptors (Lipinski definition) is 7. The van der Waals surface area contributed by atoms with Crippen LogP contribution >= 0.6 is 0 Å². The molecule has 1 aromatic carbocycles. The van der Waals surface area contributed by atoms with Crippen molar-refractivity contribution in [3.8, 4) is 16.9 Å². The highest BCUT2D eigenvalue weighted by Crippen LogP contribution is 2.37. The number of nitrogens with zero attached hydrogens (tertiary/aromatic N) is 7. The van der Waals surface area contributed by atoms with Crippen LogP contribution in [-0.2, 0) is 11.2 Å². The topological polar surface area (TPSA) is 105 Å². The van der Waals surface area contributed by atoms with Gasteiger partial charge in [0.1, 0.15) is 5.82 Å². The van der Waals surface area contributed by atoms with Gasteiger partial charge in [0.2, 0.25) is 0 Å². The summed E-state index contributed by atoms with van der Waals surface area (Å²) in [4.78, 5) is 26.7. The number of rotatable bonds is 4. The number of amides is 1. The molecule has 10 heteroatoms. The molecule has 1 atom stereocenters. The van der Waals surface area contributed by atoms with E-state index in [0.29, 0.717) is 31.1 Å². The van der Waals surface area contributed by atoms with Gasteiger partial charge in [-0.3, -0.25) is 14.9 Å². The quantitative estimate of drug-likeness (QED) is 0.382. The Morgan fingerprint density at radius 2 is 2.05 bits per heavy atom. The fourth-order valence-electron chi connectivity index (χ4n) is 5.60. The summed E-state index contributed by atoms with van der Waals surface area (Å²) in [5.74, 6) is 1.55. The minimum atomic E-state index is -0.0213. The Morgan fingerprint density at radius 1 is 1.10 bits per heavy atom. The Morgan fingerprint density at radius 3 is 2.87 bits per heavy atom. The number of ether oxygens (including phenoxy) is 1. The van der Waals surface area contributed by atoms with E-state index < -0.39 is 0 Å². The van der Waals surface area contributed by atoms with Crippen LogP contribution in [0.15, 0.2) is 67.3 Å². The molecule has 0 radical (unpaired) electrons. The molecule has 2 aliphatic rings. The van der Waals surface area contributed by atoms with E-state index in [2.05, 4.69) is 56.4 Å². The molecule has 39 heavy (non-hydrogen) atoms. The molecule has 196 valence electrons. The Balaban J connectivity index is 1.34. The molecular formula is C29H28N8O2. The molecule has 1 amide bonds. The van der Waals surface area contributed by atoms with E-state index in [0.717, 1.165) is 58.6 Å². The summed E-state index contributed by atoms with van der Waals surface area (Å²) in [5.41, 5.74) is 5.58. The minimum absolute atomic E-state index is 0.0213. The van der Waals surface area contributed by atoms with Crippen molar-refractivity contribution in [1.82, 2.24) is 29.9 Å². The van der Waals surface area contributed by atoms with Gasteiger partial charge in [-0.1, -0.05) is 6.07 Å². The van der Waals surface area contributed by atoms with Gasteiger partial charge in [0.25, 0.3) is 5.91 Å². The van der Waals surface area contributed by atoms with Crippen molar-refractivity contribution in [2.24, 2.45) is 0 Å². The Hall–Kier alpha value is -4.57. The molecule has 7 rings (SSSR count). The van der Waals surface area contributed by atoms with Gasteiger partial charge in [0, 0.05) is 48.8 Å². The lowest BCUT2D eigenvalue weighted by atomic mass is 9.95. The first-order valence-corrected chi connectivity index (χ1v) is 13.3. The van der Waals surface area contributed by atoms with Crippen LogP contribution in [0.25, 0.3) is 28.0 Å². The summed E-state index contributed by atoms with van der Waals surface area (Å²) in [6.45, 7) is 4.94. The zero-order chi connectivity index (χ0) is 26.3. The van der Waals surface area contributed by atoms with Crippen LogP contribution in [0.5, 0.6) is 0 Å². The standard InChI is InChI=1S/C29H28N8O2/c1-19-18-39-13-12-35(19)27-15-23(24-17-32-37(28(24)33-27)26-8-10-31-34-26)20-6-7-25-21(14-20)5-3-11-36(25)29(38)22-4-2-9-30-16-22/h2,4,6-10,14-17,19H,3,5,11-13,18H2,1H3,(H,31,34)/t19-/m1/s1. The number of carbonyl (C=O) groups excluding carboxylic acids is 1. The summed E-state index contributed by atoms with van der Waals surface area (Å²) < 4.78 is 7.46. The maximum absolute atomic E-state index is 13.3. The van der Waals surface area contributed by atoms with E-state index in [1.54, 1.807) is 29.3 Å². The molecule has 2 aliphatic heterocycles. The average molecular weight is 521 g/mol. The van der Waals surface area contributed by atoms with E-state index >= 15 is 0 Å². The van der Waals surface area contributed by atoms with Gasteiger partial charge in [-0.05, 0) is 66.8 Å². The molecule has 1 N–H and O–H groups in total. The van der Waals surface area contributed by atoms with Gasteiger partial charge in [-0.2, -0.15) is 14.9 Å². The number of H-pyrrole nitrogens is 1. The number of aryl methyl sites for hydroxylation is 1. The molecule has 10 nitrogen and oxygen atoms in total. The Kier molecular flexibility index (Phi) is 5.81. The van der Waals surface area contributed by atoms with E-state index in [4.69, 9.17) is 9.72 Å². The fraction of sp³-hybridized carbons (Fsp3) is 0.276. The van der Waals surface area contributed by atoms with Gasteiger partial charge in [-0.25, -0.2) is 4.98 Å². The third kappa shape index (κ3) is 4.13. The molecule has 6 heterocycles. The predicted molar refractivity (Wildman–Crippen MR) is 148 cm³/mol. The summed E-state index contributed by atoms with van der Waals surface area (Å²) in [7, 11) is 0. The molecule has 0 unspecified atom stereocenters. The first-order chi connectivity index (χ1) is 19.2. The van der Waals surface area contributed by atoms with Crippen LogP contribution in [0, 0.1) is 0 Å². The predicted octanol–water partition coefficient (Wildman–Crippen LogP) is 4.02. The number of hydrogen-bond donors (Lipinski definition) is 1. The molecule has 0 spiro atoms. The summed E-state index contributed by atoms with van der Waals surface area (Å²) >= 11 is 0. The van der Waals surface area contributed by atoms with Crippen molar-refractivity contribution in [1.29, 1.82) is 0 Å². The largest absolute Gasteiger partial charge is 0.377 e. The number of aromatic nitrogens is 6. The van der Waals surface area contributed by atoms with Crippen molar-refractivity contribution < 1.29 is 9.53 Å². The second kappa shape index (κ2) is 9.63. The third-order valence-corrected chi connectivity index (χ3v) is 7.56. The van der Waals surface area contributed by atoms with Crippen molar-refractivity contribution >= 4 is 28.4 Å². The van der Waals surface area contributed by atoms with Crippen LogP contribution in [-0.4, -0.2) is 68.2 Å². The first-order valence-electron chi connectivity index (χ1n) is 13.3. The zero-order valence-electron chi connectivity index (χ0n) is 21.6. The normalized spacial score (nSPS) is 17.4. The van der Waals surface area contributed by atoms with Crippen molar-refractivity contribution in [3.63, 3.8) is 0 Å². The van der Waals surface area contributed by atoms with Gasteiger partial charge in [-0.15, -0.1) is 0 Å². The molecule has 4 aromatic heterocycles. The highest BCUT2D eigenvalue weighted by Gasteiger charge is 2.26. The van der Waals surface area contributed by atoms with Gasteiger partial charge >= 0.3 is 0 Å². The monoisotopic (exact) mass is 520 g/mol. The number of fused-ring (bicyclic) bond motifs is 2. The van der Waals surface area contributed by atoms with Gasteiger partial charge in [0.05, 0.1) is 31.0 Å². The van der Waals surface area contributed by atoms with Crippen molar-refractivity contribution in [2.45, 2.75) is 25.8 Å². The van der Waals surface area contributed by atoms with E-state index in [1.807, 2.05) is 23.2 Å². The lowest BCUT2D eigenvalue weighted by Crippen LogP contribution is -2.44. The minimum Gasteiger partial charge on any atom is -0.377 e. The fourth-order valence-corrected chi connectivity index (χ4v) is 5.60. The van der Waals surface area contributed by atoms with Crippen molar-refractivity contribution in [3.05, 3.63) is 78.4 Å². The highest BCUT2D eigenvalue weighted by atomic mass is 16.5. The Bertz CT molecular complexity index is 1650. The van der Waals surface area contributed by atoms with Crippen LogP contribution < -0.4 is 9.80 Å². The highest BCUT2D eigenvalue weighted by molar-refractivity contribution is 6.07. The number of nitrogens with one attached hydrogen (secondary N) is 1. The molecule has 1 fully saturated rings. The average Bonchev–Trinajstić information content (AvgIpc) is 3.67. The number of carbonyl (C=O) groups is 1. The lowest BCUT2D eigenvalue weighted by molar-refractivity contribution is 0.0983. The number of pyridine rings is 2. The van der Waals surface area contributed by atoms with Gasteiger partial charge in [0.15, 0.2) is 11.5 Å². The Labute approximate surface area is 225 Å². The van der Waals surface area contributed by atoms with Crippen LogP contribution in [0.1, 0.15) is 29.3 Å². The van der Waals surface area contributed by atoms with Crippen LogP contribution in [0.3, 0.4) is 0 Å². The van der Waals surface area contributed by atoms with Crippen molar-refractivity contribution in [2.75, 3.05) is 36.1 Å². The zero-order valence-corrected chi connectivity index (χ0v) is 21.6.